The molecule has 2 aromatic rings. The van der Waals surface area contributed by atoms with Crippen LogP contribution in [0.15, 0.2) is 35.1 Å². The van der Waals surface area contributed by atoms with E-state index in [4.69, 9.17) is 21.1 Å². The number of methoxy groups -OCH3 is 1. The number of halogens is 1. The van der Waals surface area contributed by atoms with E-state index in [9.17, 15) is 4.79 Å². The summed E-state index contributed by atoms with van der Waals surface area (Å²) in [7, 11) is 1.55. The third kappa shape index (κ3) is 3.30. The van der Waals surface area contributed by atoms with Gasteiger partial charge in [-0.05, 0) is 19.9 Å². The predicted octanol–water partition coefficient (Wildman–Crippen LogP) is 2.68. The molecule has 0 N–H and O–H groups in total. The van der Waals surface area contributed by atoms with Crippen LogP contribution in [0, 0.1) is 0 Å². The Hall–Kier alpha value is -2.01. The minimum atomic E-state index is -0.279. The Labute approximate surface area is 121 Å². The monoisotopic (exact) mass is 294 g/mol. The highest BCUT2D eigenvalue weighted by atomic mass is 35.5. The number of rotatable bonds is 4. The van der Waals surface area contributed by atoms with E-state index in [0.29, 0.717) is 17.2 Å². The summed E-state index contributed by atoms with van der Waals surface area (Å²) in [4.78, 5) is 11.9. The molecular formula is C14H15ClN2O3. The molecule has 0 atom stereocenters. The third-order valence-corrected chi connectivity index (χ3v) is 2.69. The number of ether oxygens (including phenoxy) is 2. The van der Waals surface area contributed by atoms with Crippen LogP contribution in [-0.2, 0) is 0 Å². The Balaban J connectivity index is 2.55. The summed E-state index contributed by atoms with van der Waals surface area (Å²) < 4.78 is 12.1. The van der Waals surface area contributed by atoms with E-state index < -0.39 is 0 Å². The van der Waals surface area contributed by atoms with Crippen LogP contribution in [0.25, 0.3) is 5.69 Å². The van der Waals surface area contributed by atoms with Crippen molar-refractivity contribution in [2.45, 2.75) is 20.0 Å². The van der Waals surface area contributed by atoms with E-state index >= 15 is 0 Å². The van der Waals surface area contributed by atoms with Crippen LogP contribution < -0.4 is 15.0 Å². The van der Waals surface area contributed by atoms with Gasteiger partial charge in [0, 0.05) is 24.3 Å². The summed E-state index contributed by atoms with van der Waals surface area (Å²) in [5.41, 5.74) is 0.255. The highest BCUT2D eigenvalue weighted by Gasteiger charge is 2.08. The second kappa shape index (κ2) is 5.96. The minimum absolute atomic E-state index is 0.0130. The van der Waals surface area contributed by atoms with Crippen molar-refractivity contribution < 1.29 is 9.47 Å². The Kier molecular flexibility index (Phi) is 4.29. The molecule has 0 saturated heterocycles. The molecule has 0 radical (unpaired) electrons. The third-order valence-electron chi connectivity index (χ3n) is 2.48. The zero-order valence-corrected chi connectivity index (χ0v) is 12.2. The van der Waals surface area contributed by atoms with Crippen molar-refractivity contribution in [2.24, 2.45) is 0 Å². The molecule has 0 aliphatic rings. The average molecular weight is 295 g/mol. The van der Waals surface area contributed by atoms with Gasteiger partial charge < -0.3 is 9.47 Å². The fourth-order valence-corrected chi connectivity index (χ4v) is 1.85. The van der Waals surface area contributed by atoms with Crippen molar-refractivity contribution in [1.29, 1.82) is 0 Å². The maximum atomic E-state index is 11.9. The summed E-state index contributed by atoms with van der Waals surface area (Å²) in [5.74, 6) is 1.18. The Morgan fingerprint density at radius 1 is 1.20 bits per heavy atom. The van der Waals surface area contributed by atoms with Gasteiger partial charge in [0.2, 0.25) is 0 Å². The van der Waals surface area contributed by atoms with Crippen LogP contribution in [-0.4, -0.2) is 23.0 Å². The van der Waals surface area contributed by atoms with Crippen LogP contribution >= 0.6 is 11.6 Å². The van der Waals surface area contributed by atoms with Crippen LogP contribution in [0.2, 0.25) is 5.15 Å². The second-order valence-corrected chi connectivity index (χ2v) is 4.83. The van der Waals surface area contributed by atoms with E-state index in [1.807, 2.05) is 13.8 Å². The van der Waals surface area contributed by atoms with Gasteiger partial charge in [-0.15, -0.1) is 0 Å². The number of hydrogen-bond acceptors (Lipinski definition) is 4. The lowest BCUT2D eigenvalue weighted by Crippen LogP contribution is -2.20. The summed E-state index contributed by atoms with van der Waals surface area (Å²) in [5, 5.41) is 4.23. The summed E-state index contributed by atoms with van der Waals surface area (Å²) in [6.07, 6.45) is 0.0130. The molecule has 20 heavy (non-hydrogen) atoms. The molecule has 1 aromatic heterocycles. The lowest BCUT2D eigenvalue weighted by molar-refractivity contribution is 0.241. The molecule has 0 amide bonds. The number of nitrogens with zero attached hydrogens (tertiary/aromatic N) is 2. The minimum Gasteiger partial charge on any atom is -0.497 e. The van der Waals surface area contributed by atoms with Gasteiger partial charge in [-0.2, -0.15) is 9.78 Å². The molecule has 1 heterocycles. The predicted molar refractivity (Wildman–Crippen MR) is 77.2 cm³/mol. The molecule has 0 fully saturated rings. The van der Waals surface area contributed by atoms with E-state index in [-0.39, 0.29) is 16.8 Å². The van der Waals surface area contributed by atoms with Crippen molar-refractivity contribution in [2.75, 3.05) is 7.11 Å². The van der Waals surface area contributed by atoms with Crippen LogP contribution in [0.3, 0.4) is 0 Å². The first-order chi connectivity index (χ1) is 9.49. The summed E-state index contributed by atoms with van der Waals surface area (Å²) in [6.45, 7) is 3.84. The molecule has 0 aliphatic heterocycles. The van der Waals surface area contributed by atoms with E-state index in [0.717, 1.165) is 0 Å². The van der Waals surface area contributed by atoms with Crippen molar-refractivity contribution in [3.05, 3.63) is 45.8 Å². The summed E-state index contributed by atoms with van der Waals surface area (Å²) in [6, 6.07) is 7.97. The zero-order chi connectivity index (χ0) is 14.7. The van der Waals surface area contributed by atoms with Crippen molar-refractivity contribution in [3.63, 3.8) is 0 Å². The molecule has 0 unspecified atom stereocenters. The standard InChI is InChI=1S/C14H15ClN2O3/c1-9(2)20-12-7-10(6-11(8-12)19-3)17-14(18)5-4-13(15)16-17/h4-9H,1-3H3. The van der Waals surface area contributed by atoms with E-state index in [1.165, 1.54) is 16.8 Å². The Bertz CT molecular complexity index is 668. The SMILES string of the molecule is COc1cc(OC(C)C)cc(-n2nc(Cl)ccc2=O)c1. The maximum absolute atomic E-state index is 11.9. The van der Waals surface area contributed by atoms with Gasteiger partial charge in [-0.3, -0.25) is 4.79 Å². The Morgan fingerprint density at radius 3 is 2.55 bits per heavy atom. The first-order valence-electron chi connectivity index (χ1n) is 6.11. The first kappa shape index (κ1) is 14.4. The molecule has 106 valence electrons. The number of benzene rings is 1. The highest BCUT2D eigenvalue weighted by Crippen LogP contribution is 2.25. The molecule has 0 bridgehead atoms. The van der Waals surface area contributed by atoms with Gasteiger partial charge >= 0.3 is 0 Å². The Morgan fingerprint density at radius 2 is 1.90 bits per heavy atom. The molecule has 6 heteroatoms. The largest absolute Gasteiger partial charge is 0.497 e. The molecule has 5 nitrogen and oxygen atoms in total. The van der Waals surface area contributed by atoms with Crippen LogP contribution in [0.1, 0.15) is 13.8 Å². The van der Waals surface area contributed by atoms with Gasteiger partial charge in [0.1, 0.15) is 16.7 Å². The fourth-order valence-electron chi connectivity index (χ4n) is 1.71. The lowest BCUT2D eigenvalue weighted by atomic mass is 10.2. The van der Waals surface area contributed by atoms with Crippen molar-refractivity contribution in [3.8, 4) is 17.2 Å². The van der Waals surface area contributed by atoms with Gasteiger partial charge in [0.15, 0.2) is 0 Å². The summed E-state index contributed by atoms with van der Waals surface area (Å²) >= 11 is 5.83. The van der Waals surface area contributed by atoms with Crippen LogP contribution in [0.5, 0.6) is 11.5 Å². The topological polar surface area (TPSA) is 53.4 Å². The lowest BCUT2D eigenvalue weighted by Gasteiger charge is -2.13. The molecule has 2 rings (SSSR count). The second-order valence-electron chi connectivity index (χ2n) is 4.44. The van der Waals surface area contributed by atoms with Gasteiger partial charge in [-0.1, -0.05) is 11.6 Å². The molecule has 0 spiro atoms. The molecule has 0 aliphatic carbocycles. The van der Waals surface area contributed by atoms with Crippen molar-refractivity contribution >= 4 is 11.6 Å². The molecular weight excluding hydrogens is 280 g/mol. The fraction of sp³-hybridized carbons (Fsp3) is 0.286. The smallest absolute Gasteiger partial charge is 0.271 e. The molecule has 1 aromatic carbocycles. The molecule has 0 saturated carbocycles. The zero-order valence-electron chi connectivity index (χ0n) is 11.5. The normalized spacial score (nSPS) is 10.7. The van der Waals surface area contributed by atoms with Crippen LogP contribution in [0.4, 0.5) is 0 Å². The first-order valence-corrected chi connectivity index (χ1v) is 6.49. The van der Waals surface area contributed by atoms with Gasteiger partial charge in [0.05, 0.1) is 18.9 Å². The van der Waals surface area contributed by atoms with E-state index in [2.05, 4.69) is 5.10 Å². The van der Waals surface area contributed by atoms with Crippen molar-refractivity contribution in [1.82, 2.24) is 9.78 Å². The van der Waals surface area contributed by atoms with Gasteiger partial charge in [-0.25, -0.2) is 0 Å². The average Bonchev–Trinajstić information content (AvgIpc) is 2.40. The number of aromatic nitrogens is 2. The van der Waals surface area contributed by atoms with E-state index in [1.54, 1.807) is 25.3 Å². The highest BCUT2D eigenvalue weighted by molar-refractivity contribution is 6.29. The maximum Gasteiger partial charge on any atom is 0.271 e. The van der Waals surface area contributed by atoms with Gasteiger partial charge in [0.25, 0.3) is 5.56 Å². The number of hydrogen-bond donors (Lipinski definition) is 0. The quantitative estimate of drug-likeness (QED) is 0.870.